The topological polar surface area (TPSA) is 152 Å². The third kappa shape index (κ3) is 7.14. The van der Waals surface area contributed by atoms with Crippen molar-refractivity contribution in [1.82, 2.24) is 5.32 Å². The van der Waals surface area contributed by atoms with Crippen LogP contribution in [0.2, 0.25) is 0 Å². The van der Waals surface area contributed by atoms with Crippen LogP contribution in [0.3, 0.4) is 0 Å². The van der Waals surface area contributed by atoms with Gasteiger partial charge in [-0.25, -0.2) is 0 Å². The standard InChI is InChI=1S/C20H26N2O9/c1-10(23)22-17-19(29-13(4)26)18(28-12(3)25)16(9-27-11(2)24)31-20(17)30-15-7-5-14(21)6-8-15/h5-8,16-20H,9,21H2,1-4H3,(H,22,23)/t16-,17-,18-,19-,20-/m1/s1. The summed E-state index contributed by atoms with van der Waals surface area (Å²) in [6.07, 6.45) is -4.58. The molecule has 5 atom stereocenters. The van der Waals surface area contributed by atoms with E-state index in [4.69, 9.17) is 29.4 Å². The summed E-state index contributed by atoms with van der Waals surface area (Å²) >= 11 is 0. The molecule has 0 bridgehead atoms. The van der Waals surface area contributed by atoms with E-state index in [-0.39, 0.29) is 6.61 Å². The molecular formula is C20H26N2O9. The van der Waals surface area contributed by atoms with Crippen LogP contribution < -0.4 is 15.8 Å². The van der Waals surface area contributed by atoms with Gasteiger partial charge in [0.25, 0.3) is 0 Å². The van der Waals surface area contributed by atoms with Gasteiger partial charge in [0.1, 0.15) is 24.5 Å². The molecule has 1 amide bonds. The van der Waals surface area contributed by atoms with Gasteiger partial charge in [-0.15, -0.1) is 0 Å². The molecule has 0 unspecified atom stereocenters. The number of benzene rings is 1. The van der Waals surface area contributed by atoms with Crippen LogP contribution >= 0.6 is 0 Å². The molecule has 2 rings (SSSR count). The molecule has 1 fully saturated rings. The highest BCUT2D eigenvalue weighted by atomic mass is 16.7. The molecule has 1 saturated heterocycles. The van der Waals surface area contributed by atoms with Crippen LogP contribution in [0.4, 0.5) is 5.69 Å². The van der Waals surface area contributed by atoms with Gasteiger partial charge in [0.15, 0.2) is 12.2 Å². The minimum Gasteiger partial charge on any atom is -0.463 e. The molecule has 11 heteroatoms. The first kappa shape index (κ1) is 23.9. The summed E-state index contributed by atoms with van der Waals surface area (Å²) in [4.78, 5) is 46.7. The first-order valence-electron chi connectivity index (χ1n) is 9.49. The molecule has 0 aromatic heterocycles. The average Bonchev–Trinajstić information content (AvgIpc) is 2.65. The quantitative estimate of drug-likeness (QED) is 0.345. The van der Waals surface area contributed by atoms with E-state index in [0.29, 0.717) is 11.4 Å². The fourth-order valence-corrected chi connectivity index (χ4v) is 3.07. The Bertz CT molecular complexity index is 811. The zero-order valence-corrected chi connectivity index (χ0v) is 17.7. The van der Waals surface area contributed by atoms with E-state index in [0.717, 1.165) is 6.92 Å². The number of hydrogen-bond acceptors (Lipinski definition) is 10. The summed E-state index contributed by atoms with van der Waals surface area (Å²) in [5.41, 5.74) is 6.20. The van der Waals surface area contributed by atoms with Gasteiger partial charge in [0.2, 0.25) is 12.2 Å². The van der Waals surface area contributed by atoms with Crippen LogP contribution in [0.15, 0.2) is 24.3 Å². The zero-order chi connectivity index (χ0) is 23.1. The average molecular weight is 438 g/mol. The Morgan fingerprint density at radius 2 is 1.52 bits per heavy atom. The maximum atomic E-state index is 11.9. The van der Waals surface area contributed by atoms with Crippen LogP contribution in [0.1, 0.15) is 27.7 Å². The molecule has 1 aliphatic rings. The fraction of sp³-hybridized carbons (Fsp3) is 0.500. The first-order chi connectivity index (χ1) is 14.6. The van der Waals surface area contributed by atoms with Crippen LogP contribution in [0.5, 0.6) is 5.75 Å². The predicted molar refractivity (Wildman–Crippen MR) is 105 cm³/mol. The predicted octanol–water partition coefficient (Wildman–Crippen LogP) is 0.304. The minimum atomic E-state index is -1.18. The van der Waals surface area contributed by atoms with Gasteiger partial charge < -0.3 is 34.7 Å². The SMILES string of the molecule is CC(=O)N[C@H]1[C@H](Oc2ccc(N)cc2)O[C@H](COC(C)=O)[C@@H](OC(C)=O)[C@@H]1OC(C)=O. The summed E-state index contributed by atoms with van der Waals surface area (Å²) in [6, 6.07) is 5.34. The van der Waals surface area contributed by atoms with Gasteiger partial charge >= 0.3 is 17.9 Å². The Labute approximate surface area is 179 Å². The smallest absolute Gasteiger partial charge is 0.303 e. The Balaban J connectivity index is 2.43. The number of rotatable bonds is 7. The Morgan fingerprint density at radius 3 is 2.03 bits per heavy atom. The highest BCUT2D eigenvalue weighted by Crippen LogP contribution is 2.29. The lowest BCUT2D eigenvalue weighted by Gasteiger charge is -2.44. The second-order valence-corrected chi connectivity index (χ2v) is 6.91. The highest BCUT2D eigenvalue weighted by molar-refractivity contribution is 5.73. The number of amides is 1. The number of carbonyl (C=O) groups excluding carboxylic acids is 4. The third-order valence-corrected chi connectivity index (χ3v) is 4.20. The van der Waals surface area contributed by atoms with Crippen molar-refractivity contribution in [2.24, 2.45) is 0 Å². The Morgan fingerprint density at radius 1 is 0.935 bits per heavy atom. The van der Waals surface area contributed by atoms with E-state index in [1.54, 1.807) is 24.3 Å². The van der Waals surface area contributed by atoms with E-state index < -0.39 is 54.5 Å². The molecule has 1 aromatic rings. The number of carbonyl (C=O) groups is 4. The maximum Gasteiger partial charge on any atom is 0.303 e. The molecule has 0 radical (unpaired) electrons. The lowest BCUT2D eigenvalue weighted by atomic mass is 9.96. The monoisotopic (exact) mass is 438 g/mol. The normalized spacial score (nSPS) is 25.1. The summed E-state index contributed by atoms with van der Waals surface area (Å²) < 4.78 is 27.5. The summed E-state index contributed by atoms with van der Waals surface area (Å²) in [7, 11) is 0. The van der Waals surface area contributed by atoms with E-state index in [9.17, 15) is 19.2 Å². The number of hydrogen-bond donors (Lipinski definition) is 2. The van der Waals surface area contributed by atoms with Crippen molar-refractivity contribution in [3.05, 3.63) is 24.3 Å². The molecule has 1 heterocycles. The third-order valence-electron chi connectivity index (χ3n) is 4.20. The van der Waals surface area contributed by atoms with Crippen molar-refractivity contribution in [2.75, 3.05) is 12.3 Å². The van der Waals surface area contributed by atoms with Crippen LogP contribution in [0.25, 0.3) is 0 Å². The lowest BCUT2D eigenvalue weighted by Crippen LogP contribution is -2.67. The van der Waals surface area contributed by atoms with Gasteiger partial charge in [0.05, 0.1) is 0 Å². The molecule has 1 aromatic carbocycles. The molecule has 3 N–H and O–H groups in total. The summed E-state index contributed by atoms with van der Waals surface area (Å²) in [5, 5.41) is 2.62. The fourth-order valence-electron chi connectivity index (χ4n) is 3.07. The minimum absolute atomic E-state index is 0.306. The van der Waals surface area contributed by atoms with Gasteiger partial charge in [-0.3, -0.25) is 19.2 Å². The molecular weight excluding hydrogens is 412 g/mol. The van der Waals surface area contributed by atoms with Crippen molar-refractivity contribution in [2.45, 2.75) is 58.3 Å². The number of nitrogens with two attached hydrogens (primary N) is 1. The Kier molecular flexibility index (Phi) is 8.20. The van der Waals surface area contributed by atoms with Gasteiger partial charge in [-0.2, -0.15) is 0 Å². The molecule has 0 aliphatic carbocycles. The molecule has 1 aliphatic heterocycles. The van der Waals surface area contributed by atoms with Crippen molar-refractivity contribution >= 4 is 29.5 Å². The van der Waals surface area contributed by atoms with Crippen LogP contribution in [-0.2, 0) is 38.1 Å². The maximum absolute atomic E-state index is 11.9. The first-order valence-corrected chi connectivity index (χ1v) is 9.49. The van der Waals surface area contributed by atoms with Crippen molar-refractivity contribution in [1.29, 1.82) is 0 Å². The second kappa shape index (κ2) is 10.6. The largest absolute Gasteiger partial charge is 0.463 e. The van der Waals surface area contributed by atoms with Gasteiger partial charge in [0, 0.05) is 33.4 Å². The summed E-state index contributed by atoms with van der Waals surface area (Å²) in [6.45, 7) is 4.49. The number of esters is 3. The number of ether oxygens (including phenoxy) is 5. The highest BCUT2D eigenvalue weighted by Gasteiger charge is 2.51. The van der Waals surface area contributed by atoms with E-state index in [1.807, 2.05) is 0 Å². The van der Waals surface area contributed by atoms with Crippen molar-refractivity contribution in [3.63, 3.8) is 0 Å². The van der Waals surface area contributed by atoms with E-state index >= 15 is 0 Å². The lowest BCUT2D eigenvalue weighted by molar-refractivity contribution is -0.257. The van der Waals surface area contributed by atoms with Crippen molar-refractivity contribution < 1.29 is 42.9 Å². The number of nitrogen functional groups attached to an aromatic ring is 1. The molecule has 31 heavy (non-hydrogen) atoms. The number of anilines is 1. The molecule has 170 valence electrons. The molecule has 0 spiro atoms. The van der Waals surface area contributed by atoms with Crippen LogP contribution in [-0.4, -0.2) is 61.1 Å². The summed E-state index contributed by atoms with van der Waals surface area (Å²) in [5.74, 6) is -2.06. The molecule has 0 saturated carbocycles. The van der Waals surface area contributed by atoms with Gasteiger partial charge in [-0.1, -0.05) is 0 Å². The molecule has 11 nitrogen and oxygen atoms in total. The Hall–Kier alpha value is -3.34. The van der Waals surface area contributed by atoms with E-state index in [2.05, 4.69) is 5.32 Å². The second-order valence-electron chi connectivity index (χ2n) is 6.91. The van der Waals surface area contributed by atoms with E-state index in [1.165, 1.54) is 20.8 Å². The number of nitrogens with one attached hydrogen (secondary N) is 1. The van der Waals surface area contributed by atoms with Crippen LogP contribution in [0, 0.1) is 0 Å². The van der Waals surface area contributed by atoms with Gasteiger partial charge in [-0.05, 0) is 24.3 Å². The zero-order valence-electron chi connectivity index (χ0n) is 17.7. The van der Waals surface area contributed by atoms with Crippen molar-refractivity contribution in [3.8, 4) is 5.75 Å².